The molecule has 1 aromatic heterocycles. The summed E-state index contributed by atoms with van der Waals surface area (Å²) in [5.74, 6) is 0.807. The molecule has 3 nitrogen and oxygen atoms in total. The van der Waals surface area contributed by atoms with E-state index in [4.69, 9.17) is 4.98 Å². The first-order chi connectivity index (χ1) is 9.70. The van der Waals surface area contributed by atoms with Crippen molar-refractivity contribution in [1.29, 1.82) is 5.26 Å². The Labute approximate surface area is 121 Å². The summed E-state index contributed by atoms with van der Waals surface area (Å²) in [5.41, 5.74) is 3.58. The summed E-state index contributed by atoms with van der Waals surface area (Å²) in [6.45, 7) is 3.28. The van der Waals surface area contributed by atoms with Crippen LogP contribution < -0.4 is 5.32 Å². The maximum absolute atomic E-state index is 9.35. The fraction of sp³-hybridized carbons (Fsp3) is 0.647. The average Bonchev–Trinajstić information content (AvgIpc) is 2.91. The van der Waals surface area contributed by atoms with Gasteiger partial charge in [0.05, 0.1) is 5.56 Å². The van der Waals surface area contributed by atoms with Gasteiger partial charge in [-0.1, -0.05) is 19.8 Å². The average molecular weight is 269 g/mol. The minimum absolute atomic E-state index is 0.379. The molecule has 0 saturated heterocycles. The fourth-order valence-corrected chi connectivity index (χ4v) is 3.56. The minimum atomic E-state index is 0.379. The Morgan fingerprint density at radius 1 is 1.25 bits per heavy atom. The van der Waals surface area contributed by atoms with Crippen molar-refractivity contribution >= 4 is 5.82 Å². The zero-order chi connectivity index (χ0) is 14.0. The van der Waals surface area contributed by atoms with Crippen molar-refractivity contribution in [3.05, 3.63) is 22.9 Å². The highest BCUT2D eigenvalue weighted by molar-refractivity contribution is 5.54. The number of pyridine rings is 1. The van der Waals surface area contributed by atoms with Gasteiger partial charge < -0.3 is 5.32 Å². The first-order valence-corrected chi connectivity index (χ1v) is 7.87. The van der Waals surface area contributed by atoms with Crippen molar-refractivity contribution in [3.8, 4) is 6.07 Å². The first-order valence-electron chi connectivity index (χ1n) is 7.87. The zero-order valence-corrected chi connectivity index (χ0v) is 12.3. The third-order valence-electron chi connectivity index (χ3n) is 4.91. The fourth-order valence-electron chi connectivity index (χ4n) is 3.56. The summed E-state index contributed by atoms with van der Waals surface area (Å²) in [7, 11) is 0. The third kappa shape index (κ3) is 2.65. The van der Waals surface area contributed by atoms with E-state index in [2.05, 4.69) is 24.4 Å². The number of anilines is 1. The molecule has 3 rings (SSSR count). The molecule has 0 bridgehead atoms. The smallest absolute Gasteiger partial charge is 0.144 e. The van der Waals surface area contributed by atoms with Crippen molar-refractivity contribution in [1.82, 2.24) is 4.98 Å². The van der Waals surface area contributed by atoms with E-state index in [1.54, 1.807) is 0 Å². The van der Waals surface area contributed by atoms with Crippen LogP contribution in [0.1, 0.15) is 62.3 Å². The second kappa shape index (κ2) is 5.44. The van der Waals surface area contributed by atoms with Crippen LogP contribution >= 0.6 is 0 Å². The Balaban J connectivity index is 1.79. The molecule has 2 aliphatic carbocycles. The van der Waals surface area contributed by atoms with Crippen molar-refractivity contribution in [2.45, 2.75) is 58.3 Å². The lowest BCUT2D eigenvalue weighted by Crippen LogP contribution is -2.24. The molecule has 1 saturated carbocycles. The molecule has 20 heavy (non-hydrogen) atoms. The molecule has 1 aromatic rings. The van der Waals surface area contributed by atoms with E-state index < -0.39 is 0 Å². The minimum Gasteiger partial charge on any atom is -0.368 e. The molecule has 0 spiro atoms. The van der Waals surface area contributed by atoms with Gasteiger partial charge in [0.25, 0.3) is 0 Å². The lowest BCUT2D eigenvalue weighted by molar-refractivity contribution is 0.361. The number of nitriles is 1. The van der Waals surface area contributed by atoms with Crippen LogP contribution in [0.5, 0.6) is 0 Å². The van der Waals surface area contributed by atoms with Crippen LogP contribution in [0.3, 0.4) is 0 Å². The largest absolute Gasteiger partial charge is 0.368 e. The van der Waals surface area contributed by atoms with Gasteiger partial charge in [-0.2, -0.15) is 5.26 Å². The first kappa shape index (κ1) is 13.4. The lowest BCUT2D eigenvalue weighted by atomic mass is 9.89. The standard InChI is InChI=1S/C17H23N3/c1-17(8-4-5-9-17)12-19-16-14(11-18)10-13-6-2-3-7-15(13)20-16/h10H,2-9,12H2,1H3,(H,19,20). The van der Waals surface area contributed by atoms with Crippen molar-refractivity contribution < 1.29 is 0 Å². The maximum Gasteiger partial charge on any atom is 0.144 e. The highest BCUT2D eigenvalue weighted by atomic mass is 15.0. The third-order valence-corrected chi connectivity index (χ3v) is 4.91. The summed E-state index contributed by atoms with van der Waals surface area (Å²) < 4.78 is 0. The monoisotopic (exact) mass is 269 g/mol. The molecule has 1 fully saturated rings. The van der Waals surface area contributed by atoms with E-state index in [1.807, 2.05) is 0 Å². The van der Waals surface area contributed by atoms with Crippen LogP contribution in [0, 0.1) is 16.7 Å². The molecular formula is C17H23N3. The second-order valence-electron chi connectivity index (χ2n) is 6.68. The van der Waals surface area contributed by atoms with Gasteiger partial charge in [0.15, 0.2) is 0 Å². The molecule has 0 unspecified atom stereocenters. The van der Waals surface area contributed by atoms with Crippen molar-refractivity contribution in [2.24, 2.45) is 5.41 Å². The highest BCUT2D eigenvalue weighted by Crippen LogP contribution is 2.37. The molecule has 0 amide bonds. The topological polar surface area (TPSA) is 48.7 Å². The molecule has 0 atom stereocenters. The Morgan fingerprint density at radius 2 is 2.00 bits per heavy atom. The molecule has 2 aliphatic rings. The van der Waals surface area contributed by atoms with E-state index in [0.717, 1.165) is 25.2 Å². The summed E-state index contributed by atoms with van der Waals surface area (Å²) in [6, 6.07) is 4.36. The SMILES string of the molecule is CC1(CNc2nc3c(cc2C#N)CCCC3)CCCC1. The Morgan fingerprint density at radius 3 is 2.75 bits per heavy atom. The number of aromatic nitrogens is 1. The van der Waals surface area contributed by atoms with Crippen LogP contribution in [0.4, 0.5) is 5.82 Å². The van der Waals surface area contributed by atoms with Crippen molar-refractivity contribution in [2.75, 3.05) is 11.9 Å². The molecule has 0 aromatic carbocycles. The van der Waals surface area contributed by atoms with Crippen LogP contribution in [0.2, 0.25) is 0 Å². The van der Waals surface area contributed by atoms with Crippen LogP contribution in [0.25, 0.3) is 0 Å². The normalized spacial score (nSPS) is 20.2. The second-order valence-corrected chi connectivity index (χ2v) is 6.68. The van der Waals surface area contributed by atoms with Gasteiger partial charge in [0.2, 0.25) is 0 Å². The van der Waals surface area contributed by atoms with Gasteiger partial charge in [-0.25, -0.2) is 4.98 Å². The summed E-state index contributed by atoms with van der Waals surface area (Å²) in [6.07, 6.45) is 9.83. The summed E-state index contributed by atoms with van der Waals surface area (Å²) in [4.78, 5) is 4.74. The van der Waals surface area contributed by atoms with E-state index in [1.165, 1.54) is 49.8 Å². The van der Waals surface area contributed by atoms with E-state index in [0.29, 0.717) is 11.0 Å². The number of nitrogens with zero attached hydrogens (tertiary/aromatic N) is 2. The van der Waals surface area contributed by atoms with Crippen LogP contribution in [-0.2, 0) is 12.8 Å². The van der Waals surface area contributed by atoms with Gasteiger partial charge in [-0.05, 0) is 55.6 Å². The summed E-state index contributed by atoms with van der Waals surface area (Å²) >= 11 is 0. The zero-order valence-electron chi connectivity index (χ0n) is 12.3. The van der Waals surface area contributed by atoms with E-state index in [-0.39, 0.29) is 0 Å². The highest BCUT2D eigenvalue weighted by Gasteiger charge is 2.28. The predicted octanol–water partition coefficient (Wildman–Crippen LogP) is 3.82. The molecule has 3 heteroatoms. The van der Waals surface area contributed by atoms with Crippen molar-refractivity contribution in [3.63, 3.8) is 0 Å². The molecule has 0 radical (unpaired) electrons. The van der Waals surface area contributed by atoms with Gasteiger partial charge in [-0.15, -0.1) is 0 Å². The Hall–Kier alpha value is -1.56. The number of nitrogens with one attached hydrogen (secondary N) is 1. The van der Waals surface area contributed by atoms with Crippen LogP contribution in [-0.4, -0.2) is 11.5 Å². The molecular weight excluding hydrogens is 246 g/mol. The van der Waals surface area contributed by atoms with Crippen LogP contribution in [0.15, 0.2) is 6.07 Å². The van der Waals surface area contributed by atoms with E-state index in [9.17, 15) is 5.26 Å². The number of hydrogen-bond donors (Lipinski definition) is 1. The molecule has 1 heterocycles. The molecule has 1 N–H and O–H groups in total. The van der Waals surface area contributed by atoms with E-state index >= 15 is 0 Å². The number of hydrogen-bond acceptors (Lipinski definition) is 3. The molecule has 106 valence electrons. The van der Waals surface area contributed by atoms with Gasteiger partial charge in [0, 0.05) is 12.2 Å². The number of aryl methyl sites for hydroxylation is 2. The lowest BCUT2D eigenvalue weighted by Gasteiger charge is -2.25. The maximum atomic E-state index is 9.35. The summed E-state index contributed by atoms with van der Waals surface area (Å²) in [5, 5.41) is 12.8. The quantitative estimate of drug-likeness (QED) is 0.907. The Kier molecular flexibility index (Phi) is 3.65. The van der Waals surface area contributed by atoms with Gasteiger partial charge in [-0.3, -0.25) is 0 Å². The number of rotatable bonds is 3. The molecule has 0 aliphatic heterocycles. The van der Waals surface area contributed by atoms with Gasteiger partial charge >= 0.3 is 0 Å². The predicted molar refractivity (Wildman–Crippen MR) is 80.7 cm³/mol. The van der Waals surface area contributed by atoms with Gasteiger partial charge in [0.1, 0.15) is 11.9 Å². The number of fused-ring (bicyclic) bond motifs is 1. The Bertz CT molecular complexity index is 536.